The first-order chi connectivity index (χ1) is 16.7. The highest BCUT2D eigenvalue weighted by Gasteiger charge is 2.26. The van der Waals surface area contributed by atoms with Crippen LogP contribution in [0.15, 0.2) is 29.4 Å². The number of nitrogens with two attached hydrogens (primary N) is 1. The van der Waals surface area contributed by atoms with E-state index in [0.29, 0.717) is 28.8 Å². The molecule has 1 atom stereocenters. The van der Waals surface area contributed by atoms with Gasteiger partial charge in [-0.25, -0.2) is 9.18 Å². The number of methoxy groups -OCH3 is 1. The van der Waals surface area contributed by atoms with Gasteiger partial charge in [-0.3, -0.25) is 9.59 Å². The van der Waals surface area contributed by atoms with Crippen molar-refractivity contribution in [2.24, 2.45) is 5.73 Å². The molecular weight excluding hydrogens is 497 g/mol. The van der Waals surface area contributed by atoms with Crippen LogP contribution in [0.2, 0.25) is 0 Å². The van der Waals surface area contributed by atoms with Crippen LogP contribution in [0.5, 0.6) is 5.75 Å². The zero-order chi connectivity index (χ0) is 25.7. The number of esters is 1. The van der Waals surface area contributed by atoms with E-state index in [9.17, 15) is 18.8 Å². The molecule has 35 heavy (non-hydrogen) atoms. The molecule has 1 unspecified atom stereocenters. The number of rotatable bonds is 10. The number of halogens is 1. The number of aromatic nitrogens is 3. The second-order valence-electron chi connectivity index (χ2n) is 7.25. The zero-order valence-electron chi connectivity index (χ0n) is 19.5. The van der Waals surface area contributed by atoms with Crippen LogP contribution in [0.25, 0.3) is 0 Å². The highest BCUT2D eigenvalue weighted by Crippen LogP contribution is 2.34. The number of nitrogens with zero attached hydrogens (tertiary/aromatic N) is 3. The monoisotopic (exact) mass is 521 g/mol. The Balaban J connectivity index is 1.70. The van der Waals surface area contributed by atoms with E-state index in [0.717, 1.165) is 23.1 Å². The topological polar surface area (TPSA) is 138 Å². The summed E-state index contributed by atoms with van der Waals surface area (Å²) in [5.74, 6) is -1.16. The molecule has 3 rings (SSSR count). The van der Waals surface area contributed by atoms with E-state index >= 15 is 0 Å². The summed E-state index contributed by atoms with van der Waals surface area (Å²) in [6.45, 7) is 5.80. The number of hydrogen-bond donors (Lipinski definition) is 2. The fourth-order valence-electron chi connectivity index (χ4n) is 3.25. The maximum atomic E-state index is 13.1. The van der Waals surface area contributed by atoms with Gasteiger partial charge >= 0.3 is 5.97 Å². The smallest absolute Gasteiger partial charge is 0.341 e. The summed E-state index contributed by atoms with van der Waals surface area (Å²) in [6.07, 6.45) is -0.472. The van der Waals surface area contributed by atoms with Crippen molar-refractivity contribution in [2.45, 2.75) is 38.6 Å². The van der Waals surface area contributed by atoms with Crippen molar-refractivity contribution in [1.82, 2.24) is 14.8 Å². The van der Waals surface area contributed by atoms with Crippen molar-refractivity contribution < 1.29 is 28.2 Å². The lowest BCUT2D eigenvalue weighted by Crippen LogP contribution is -2.17. The summed E-state index contributed by atoms with van der Waals surface area (Å²) in [5, 5.41) is 11.7. The number of amides is 2. The molecule has 2 heterocycles. The van der Waals surface area contributed by atoms with Gasteiger partial charge in [-0.05, 0) is 50.6 Å². The average Bonchev–Trinajstić information content (AvgIpc) is 3.39. The fourth-order valence-corrected chi connectivity index (χ4v) is 5.12. The molecule has 186 valence electrons. The Kier molecular flexibility index (Phi) is 8.46. The van der Waals surface area contributed by atoms with Crippen LogP contribution in [0, 0.1) is 12.7 Å². The minimum Gasteiger partial charge on any atom is -0.483 e. The Morgan fingerprint density at radius 3 is 2.54 bits per heavy atom. The van der Waals surface area contributed by atoms with E-state index in [1.165, 1.54) is 31.4 Å². The molecule has 0 saturated carbocycles. The van der Waals surface area contributed by atoms with Gasteiger partial charge in [0.25, 0.3) is 5.91 Å². The zero-order valence-corrected chi connectivity index (χ0v) is 21.1. The summed E-state index contributed by atoms with van der Waals surface area (Å²) in [4.78, 5) is 36.7. The minimum absolute atomic E-state index is 0.0329. The number of thiophene rings is 1. The summed E-state index contributed by atoms with van der Waals surface area (Å²) in [5.41, 5.74) is 5.82. The quantitative estimate of drug-likeness (QED) is 0.305. The van der Waals surface area contributed by atoms with E-state index in [-0.39, 0.29) is 27.0 Å². The lowest BCUT2D eigenvalue weighted by atomic mass is 10.1. The van der Waals surface area contributed by atoms with Gasteiger partial charge in [0.2, 0.25) is 5.91 Å². The molecule has 2 aromatic heterocycles. The Morgan fingerprint density at radius 1 is 1.26 bits per heavy atom. The molecule has 2 amide bonds. The second-order valence-corrected chi connectivity index (χ2v) is 9.22. The molecule has 3 N–H and O–H groups in total. The molecule has 0 fully saturated rings. The second kappa shape index (κ2) is 11.3. The van der Waals surface area contributed by atoms with Gasteiger partial charge in [-0.2, -0.15) is 0 Å². The molecule has 0 spiro atoms. The van der Waals surface area contributed by atoms with E-state index in [1.54, 1.807) is 13.8 Å². The number of carbonyl (C=O) groups is 3. The first-order valence-electron chi connectivity index (χ1n) is 10.5. The number of ether oxygens (including phenoxy) is 2. The SMILES string of the molecule is CCn1c(SCC(=O)Nc2sc(C(N)=O)c(C)c2C(=O)OC)nnc1C(C)Oc1ccc(F)cc1. The molecule has 10 nitrogen and oxygen atoms in total. The van der Waals surface area contributed by atoms with E-state index in [1.807, 2.05) is 11.5 Å². The predicted octanol–water partition coefficient (Wildman–Crippen LogP) is 3.56. The maximum absolute atomic E-state index is 13.1. The van der Waals surface area contributed by atoms with Crippen molar-refractivity contribution in [3.8, 4) is 5.75 Å². The molecule has 13 heteroatoms. The van der Waals surface area contributed by atoms with E-state index in [4.69, 9.17) is 15.2 Å². The van der Waals surface area contributed by atoms with Crippen molar-refractivity contribution >= 4 is 45.9 Å². The van der Waals surface area contributed by atoms with Crippen molar-refractivity contribution in [3.63, 3.8) is 0 Å². The number of primary amides is 1. The van der Waals surface area contributed by atoms with Crippen LogP contribution < -0.4 is 15.8 Å². The Bertz CT molecular complexity index is 1240. The van der Waals surface area contributed by atoms with Gasteiger partial charge in [0, 0.05) is 6.54 Å². The van der Waals surface area contributed by atoms with Crippen LogP contribution in [0.3, 0.4) is 0 Å². The molecule has 0 aliphatic heterocycles. The number of nitrogens with one attached hydrogen (secondary N) is 1. The summed E-state index contributed by atoms with van der Waals surface area (Å²) < 4.78 is 25.6. The average molecular weight is 522 g/mol. The molecule has 1 aromatic carbocycles. The first kappa shape index (κ1) is 26.2. The van der Waals surface area contributed by atoms with E-state index in [2.05, 4.69) is 15.5 Å². The van der Waals surface area contributed by atoms with Gasteiger partial charge in [-0.15, -0.1) is 21.5 Å². The fraction of sp³-hybridized carbons (Fsp3) is 0.318. The number of benzene rings is 1. The van der Waals surface area contributed by atoms with Crippen LogP contribution >= 0.6 is 23.1 Å². The number of thioether (sulfide) groups is 1. The van der Waals surface area contributed by atoms with Gasteiger partial charge in [0.15, 0.2) is 17.1 Å². The highest BCUT2D eigenvalue weighted by molar-refractivity contribution is 7.99. The minimum atomic E-state index is -0.701. The van der Waals surface area contributed by atoms with Crippen LogP contribution in [0.1, 0.15) is 51.4 Å². The number of anilines is 1. The summed E-state index contributed by atoms with van der Waals surface area (Å²) >= 11 is 2.07. The maximum Gasteiger partial charge on any atom is 0.341 e. The predicted molar refractivity (Wildman–Crippen MR) is 129 cm³/mol. The lowest BCUT2D eigenvalue weighted by Gasteiger charge is -2.15. The molecular formula is C22H24FN5O5S2. The van der Waals surface area contributed by atoms with Gasteiger partial charge in [0.05, 0.1) is 23.3 Å². The number of hydrogen-bond acceptors (Lipinski definition) is 9. The largest absolute Gasteiger partial charge is 0.483 e. The molecule has 3 aromatic rings. The van der Waals surface area contributed by atoms with Gasteiger partial charge in [-0.1, -0.05) is 11.8 Å². The third-order valence-electron chi connectivity index (χ3n) is 4.90. The van der Waals surface area contributed by atoms with Crippen molar-refractivity contribution in [2.75, 3.05) is 18.2 Å². The third kappa shape index (κ3) is 5.98. The summed E-state index contributed by atoms with van der Waals surface area (Å²) in [6, 6.07) is 5.66. The van der Waals surface area contributed by atoms with Gasteiger partial charge < -0.3 is 25.1 Å². The first-order valence-corrected chi connectivity index (χ1v) is 12.3. The van der Waals surface area contributed by atoms with E-state index < -0.39 is 23.9 Å². The van der Waals surface area contributed by atoms with Crippen LogP contribution in [0.4, 0.5) is 9.39 Å². The van der Waals surface area contributed by atoms with Gasteiger partial charge in [0.1, 0.15) is 16.6 Å². The molecule has 0 aliphatic carbocycles. The molecule has 0 aliphatic rings. The Morgan fingerprint density at radius 2 is 1.94 bits per heavy atom. The lowest BCUT2D eigenvalue weighted by molar-refractivity contribution is -0.113. The van der Waals surface area contributed by atoms with Crippen LogP contribution in [-0.2, 0) is 16.1 Å². The Hall–Kier alpha value is -3.45. The van der Waals surface area contributed by atoms with Crippen LogP contribution in [-0.4, -0.2) is 45.4 Å². The third-order valence-corrected chi connectivity index (χ3v) is 7.09. The summed E-state index contributed by atoms with van der Waals surface area (Å²) in [7, 11) is 1.21. The normalized spacial score (nSPS) is 11.7. The molecule has 0 saturated heterocycles. The van der Waals surface area contributed by atoms with Crippen molar-refractivity contribution in [3.05, 3.63) is 51.9 Å². The Labute approximate surface area is 209 Å². The standard InChI is InChI=1S/C22H24FN5O5S2/c1-5-28-19(12(3)33-14-8-6-13(23)7-9-14)26-27-22(28)34-10-15(29)25-20-16(21(31)32-4)11(2)17(35-20)18(24)30/h6-9,12H,5,10H2,1-4H3,(H2,24,30)(H,25,29). The molecule has 0 radical (unpaired) electrons. The number of carbonyl (C=O) groups excluding carboxylic acids is 3. The van der Waals surface area contributed by atoms with Crippen molar-refractivity contribution in [1.29, 1.82) is 0 Å². The highest BCUT2D eigenvalue weighted by atomic mass is 32.2. The molecule has 0 bridgehead atoms.